The lowest BCUT2D eigenvalue weighted by Gasteiger charge is -2.13. The van der Waals surface area contributed by atoms with Crippen LogP contribution in [0.2, 0.25) is 0 Å². The first kappa shape index (κ1) is 17.5. The zero-order valence-corrected chi connectivity index (χ0v) is 13.7. The van der Waals surface area contributed by atoms with Gasteiger partial charge in [0, 0.05) is 17.0 Å². The summed E-state index contributed by atoms with van der Waals surface area (Å²) >= 11 is 0. The molecule has 7 nitrogen and oxygen atoms in total. The Hall–Kier alpha value is -2.83. The van der Waals surface area contributed by atoms with E-state index in [9.17, 15) is 14.4 Å². The van der Waals surface area contributed by atoms with E-state index >= 15 is 0 Å². The Morgan fingerprint density at radius 1 is 1.38 bits per heavy atom. The van der Waals surface area contributed by atoms with Gasteiger partial charge < -0.3 is 19.6 Å². The summed E-state index contributed by atoms with van der Waals surface area (Å²) in [5, 5.41) is 11.9. The average Bonchev–Trinajstić information content (AvgIpc) is 2.53. The first-order valence-corrected chi connectivity index (χ1v) is 7.54. The summed E-state index contributed by atoms with van der Waals surface area (Å²) in [6.45, 7) is 4.71. The summed E-state index contributed by atoms with van der Waals surface area (Å²) in [5.74, 6) is -1.27. The molecular weight excluding hydrogens is 314 g/mol. The third-order valence-electron chi connectivity index (χ3n) is 3.68. The lowest BCUT2D eigenvalue weighted by atomic mass is 10.0. The van der Waals surface area contributed by atoms with E-state index in [0.29, 0.717) is 23.3 Å². The van der Waals surface area contributed by atoms with E-state index < -0.39 is 23.5 Å². The molecule has 0 radical (unpaired) electrons. The Labute approximate surface area is 138 Å². The highest BCUT2D eigenvalue weighted by Gasteiger charge is 2.16. The quantitative estimate of drug-likeness (QED) is 0.778. The van der Waals surface area contributed by atoms with E-state index in [0.717, 1.165) is 10.9 Å². The Bertz CT molecular complexity index is 839. The lowest BCUT2D eigenvalue weighted by Crippen LogP contribution is -2.40. The molecule has 24 heavy (non-hydrogen) atoms. The van der Waals surface area contributed by atoms with Gasteiger partial charge in [-0.3, -0.25) is 9.59 Å². The van der Waals surface area contributed by atoms with Gasteiger partial charge in [0.15, 0.2) is 6.61 Å². The molecule has 0 spiro atoms. The molecule has 1 heterocycles. The number of ether oxygens (including phenoxy) is 1. The zero-order valence-electron chi connectivity index (χ0n) is 13.7. The zero-order chi connectivity index (χ0) is 17.9. The van der Waals surface area contributed by atoms with Gasteiger partial charge in [0.25, 0.3) is 5.91 Å². The number of benzene rings is 1. The van der Waals surface area contributed by atoms with Crippen molar-refractivity contribution in [3.63, 3.8) is 0 Å². The summed E-state index contributed by atoms with van der Waals surface area (Å²) in [4.78, 5) is 34.0. The Kier molecular flexibility index (Phi) is 5.23. The number of carbonyl (C=O) groups is 2. The van der Waals surface area contributed by atoms with Crippen LogP contribution in [0.4, 0.5) is 0 Å². The second-order valence-electron chi connectivity index (χ2n) is 5.43. The van der Waals surface area contributed by atoms with Crippen molar-refractivity contribution >= 4 is 22.8 Å². The second kappa shape index (κ2) is 7.16. The van der Waals surface area contributed by atoms with Gasteiger partial charge in [-0.2, -0.15) is 0 Å². The van der Waals surface area contributed by atoms with Crippen molar-refractivity contribution in [1.82, 2.24) is 5.32 Å². The number of hydrogen-bond donors (Lipinski definition) is 2. The maximum absolute atomic E-state index is 11.7. The van der Waals surface area contributed by atoms with E-state index in [4.69, 9.17) is 14.3 Å². The van der Waals surface area contributed by atoms with Gasteiger partial charge in [-0.1, -0.05) is 6.92 Å². The molecular formula is C17H19NO6. The van der Waals surface area contributed by atoms with Crippen molar-refractivity contribution in [2.75, 3.05) is 6.61 Å². The molecule has 0 saturated heterocycles. The summed E-state index contributed by atoms with van der Waals surface area (Å²) < 4.78 is 10.7. The third-order valence-corrected chi connectivity index (χ3v) is 3.68. The molecule has 2 rings (SSSR count). The number of aliphatic carboxylic acids is 1. The minimum atomic E-state index is -1.13. The third kappa shape index (κ3) is 3.73. The summed E-state index contributed by atoms with van der Waals surface area (Å²) in [5.41, 5.74) is 1.48. The summed E-state index contributed by atoms with van der Waals surface area (Å²) in [7, 11) is 0. The fourth-order valence-electron chi connectivity index (χ4n) is 2.35. The fourth-order valence-corrected chi connectivity index (χ4v) is 2.35. The topological polar surface area (TPSA) is 106 Å². The number of hydrogen-bond acceptors (Lipinski definition) is 5. The summed E-state index contributed by atoms with van der Waals surface area (Å²) in [6.07, 6.45) is 0.692. The van der Waals surface area contributed by atoms with Crippen LogP contribution in [0.1, 0.15) is 25.0 Å². The molecule has 7 heteroatoms. The monoisotopic (exact) mass is 333 g/mol. The van der Waals surface area contributed by atoms with Crippen LogP contribution in [0.25, 0.3) is 11.0 Å². The predicted molar refractivity (Wildman–Crippen MR) is 87.3 cm³/mol. The molecule has 1 amide bonds. The van der Waals surface area contributed by atoms with E-state index in [-0.39, 0.29) is 6.61 Å². The maximum Gasteiger partial charge on any atom is 0.336 e. The first-order valence-electron chi connectivity index (χ1n) is 7.54. The second-order valence-corrected chi connectivity index (χ2v) is 5.43. The van der Waals surface area contributed by atoms with Crippen LogP contribution in [0.15, 0.2) is 27.4 Å². The smallest absolute Gasteiger partial charge is 0.336 e. The number of nitrogens with one attached hydrogen (secondary N) is 1. The van der Waals surface area contributed by atoms with Gasteiger partial charge in [-0.05, 0) is 38.0 Å². The van der Waals surface area contributed by atoms with E-state index in [1.54, 1.807) is 19.1 Å². The number of aryl methyl sites for hydroxylation is 2. The standard InChI is InChI=1S/C17H19NO6/c1-4-11-7-15(20)24-16-9(2)13(6-5-12(11)16)23-8-14(19)18-10(3)17(21)22/h5-7,10H,4,8H2,1-3H3,(H,18,19)(H,21,22)/t10-/m0/s1. The minimum Gasteiger partial charge on any atom is -0.483 e. The van der Waals surface area contributed by atoms with Crippen molar-refractivity contribution in [3.8, 4) is 5.75 Å². The van der Waals surface area contributed by atoms with Crippen molar-refractivity contribution in [1.29, 1.82) is 0 Å². The molecule has 0 aliphatic carbocycles. The molecule has 1 atom stereocenters. The number of amides is 1. The van der Waals surface area contributed by atoms with Crippen LogP contribution in [0.5, 0.6) is 5.75 Å². The first-order chi connectivity index (χ1) is 11.3. The predicted octanol–water partition coefficient (Wildman–Crippen LogP) is 1.63. The fraction of sp³-hybridized carbons (Fsp3) is 0.353. The molecule has 0 saturated carbocycles. The molecule has 2 N–H and O–H groups in total. The van der Waals surface area contributed by atoms with Gasteiger partial charge in [-0.25, -0.2) is 4.79 Å². The molecule has 0 fully saturated rings. The van der Waals surface area contributed by atoms with Crippen LogP contribution in [-0.2, 0) is 16.0 Å². The molecule has 0 aliphatic rings. The lowest BCUT2D eigenvalue weighted by molar-refractivity contribution is -0.141. The van der Waals surface area contributed by atoms with Crippen molar-refractivity contribution in [2.45, 2.75) is 33.2 Å². The van der Waals surface area contributed by atoms with Crippen molar-refractivity contribution in [2.24, 2.45) is 0 Å². The van der Waals surface area contributed by atoms with E-state index in [1.165, 1.54) is 13.0 Å². The van der Waals surface area contributed by atoms with Crippen LogP contribution >= 0.6 is 0 Å². The highest BCUT2D eigenvalue weighted by Crippen LogP contribution is 2.28. The van der Waals surface area contributed by atoms with Crippen LogP contribution in [-0.4, -0.2) is 29.6 Å². The molecule has 1 aromatic heterocycles. The number of carboxylic acids is 1. The van der Waals surface area contributed by atoms with E-state index in [2.05, 4.69) is 5.32 Å². The summed E-state index contributed by atoms with van der Waals surface area (Å²) in [6, 6.07) is 3.94. The average molecular weight is 333 g/mol. The van der Waals surface area contributed by atoms with Crippen LogP contribution in [0, 0.1) is 6.92 Å². The van der Waals surface area contributed by atoms with Crippen LogP contribution in [0.3, 0.4) is 0 Å². The number of carbonyl (C=O) groups excluding carboxylic acids is 1. The minimum absolute atomic E-state index is 0.332. The SMILES string of the molecule is CCc1cc(=O)oc2c(C)c(OCC(=O)N[C@@H](C)C(=O)O)ccc12. The molecule has 0 aliphatic heterocycles. The molecule has 0 unspecified atom stereocenters. The number of carboxylic acid groups (broad SMARTS) is 1. The number of fused-ring (bicyclic) bond motifs is 1. The van der Waals surface area contributed by atoms with Gasteiger partial charge in [0.1, 0.15) is 17.4 Å². The molecule has 0 bridgehead atoms. The van der Waals surface area contributed by atoms with Crippen LogP contribution < -0.4 is 15.7 Å². The van der Waals surface area contributed by atoms with E-state index in [1.807, 2.05) is 6.92 Å². The highest BCUT2D eigenvalue weighted by molar-refractivity contribution is 5.86. The molecule has 128 valence electrons. The highest BCUT2D eigenvalue weighted by atomic mass is 16.5. The Morgan fingerprint density at radius 3 is 2.71 bits per heavy atom. The Balaban J connectivity index is 2.22. The maximum atomic E-state index is 11.7. The Morgan fingerprint density at radius 2 is 2.08 bits per heavy atom. The van der Waals surface area contributed by atoms with Gasteiger partial charge >= 0.3 is 11.6 Å². The molecule has 2 aromatic rings. The van der Waals surface area contributed by atoms with Crippen molar-refractivity contribution in [3.05, 3.63) is 39.7 Å². The van der Waals surface area contributed by atoms with Gasteiger partial charge in [0.05, 0.1) is 0 Å². The van der Waals surface area contributed by atoms with Gasteiger partial charge in [0.2, 0.25) is 0 Å². The largest absolute Gasteiger partial charge is 0.483 e. The number of rotatable bonds is 6. The van der Waals surface area contributed by atoms with Gasteiger partial charge in [-0.15, -0.1) is 0 Å². The normalized spacial score (nSPS) is 12.0. The molecule has 1 aromatic carbocycles. The van der Waals surface area contributed by atoms with Crippen molar-refractivity contribution < 1.29 is 23.8 Å².